The molecule has 0 spiro atoms. The minimum atomic E-state index is -0.118. The Morgan fingerprint density at radius 1 is 0.549 bits per heavy atom. The molecule has 0 saturated heterocycles. The zero-order valence-corrected chi connectivity index (χ0v) is 28.7. The predicted octanol–water partition coefficient (Wildman–Crippen LogP) is 12.6. The molecule has 240 valence electrons. The zero-order chi connectivity index (χ0) is 33.8. The molecular weight excluding hydrogens is 617 g/mol. The van der Waals surface area contributed by atoms with E-state index in [9.17, 15) is 0 Å². The lowest BCUT2D eigenvalue weighted by Gasteiger charge is -2.26. The Bertz CT molecular complexity index is 2850. The summed E-state index contributed by atoms with van der Waals surface area (Å²) in [5.41, 5.74) is 17.7. The third-order valence-electron chi connectivity index (χ3n) is 11.8. The van der Waals surface area contributed by atoms with Crippen molar-refractivity contribution in [2.24, 2.45) is 0 Å². The summed E-state index contributed by atoms with van der Waals surface area (Å²) in [6, 6.07) is 42.8. The van der Waals surface area contributed by atoms with Gasteiger partial charge in [-0.2, -0.15) is 0 Å². The number of hydrogen-bond donors (Lipinski definition) is 0. The maximum atomic E-state index is 4.98. The molecule has 2 aromatic heterocycles. The number of benzene rings is 6. The monoisotopic (exact) mass is 650 g/mol. The molecule has 0 fully saturated rings. The second-order valence-electron chi connectivity index (χ2n) is 14.8. The molecule has 2 nitrogen and oxygen atoms in total. The Kier molecular flexibility index (Phi) is 5.88. The van der Waals surface area contributed by atoms with E-state index in [2.05, 4.69) is 134 Å². The molecule has 0 amide bonds. The summed E-state index contributed by atoms with van der Waals surface area (Å²) in [6.45, 7) is 4.77. The molecule has 6 aromatic carbocycles. The summed E-state index contributed by atoms with van der Waals surface area (Å²) in [7, 11) is 0. The van der Waals surface area contributed by atoms with Crippen LogP contribution < -0.4 is 0 Å². The van der Waals surface area contributed by atoms with E-state index in [1.807, 2.05) is 30.6 Å². The molecule has 0 saturated carbocycles. The van der Waals surface area contributed by atoms with Crippen LogP contribution in [0, 0.1) is 0 Å². The molecule has 2 heteroatoms. The summed E-state index contributed by atoms with van der Waals surface area (Å²) in [5.74, 6) is 0. The van der Waals surface area contributed by atoms with Crippen LogP contribution in [0.5, 0.6) is 0 Å². The average molecular weight is 651 g/mol. The fourth-order valence-electron chi connectivity index (χ4n) is 9.42. The van der Waals surface area contributed by atoms with E-state index < -0.39 is 0 Å². The first-order chi connectivity index (χ1) is 25.1. The fourth-order valence-corrected chi connectivity index (χ4v) is 9.42. The molecular formula is C49H34N2. The largest absolute Gasteiger partial charge is 0.255 e. The molecule has 3 aliphatic carbocycles. The highest BCUT2D eigenvalue weighted by Gasteiger charge is 2.36. The predicted molar refractivity (Wildman–Crippen MR) is 214 cm³/mol. The molecule has 51 heavy (non-hydrogen) atoms. The maximum Gasteiger partial charge on any atom is 0.0886 e. The Morgan fingerprint density at radius 3 is 2.20 bits per heavy atom. The Balaban J connectivity index is 1.27. The standard InChI is InChI=1S/C49H34N2/c1-49(2)41-15-6-5-12-33(41)38-26-39-40(27-42(38)49)48(37-23-20-31-18-17-29-10-9-11-30-19-22-36(37)47(31)45(29)30)35-14-4-3-13-34(35)46(39)32-21-24-44(51-28-32)43-16-7-8-25-50-43/h3-9,11-17,19-28H,10,18H2,1-2H3. The summed E-state index contributed by atoms with van der Waals surface area (Å²) in [5, 5.41) is 7.82. The van der Waals surface area contributed by atoms with Crippen LogP contribution in [0.15, 0.2) is 140 Å². The van der Waals surface area contributed by atoms with Crippen molar-refractivity contribution in [3.63, 3.8) is 0 Å². The number of hydrogen-bond acceptors (Lipinski definition) is 2. The van der Waals surface area contributed by atoms with Gasteiger partial charge in [-0.1, -0.05) is 117 Å². The van der Waals surface area contributed by atoms with Crippen LogP contribution >= 0.6 is 0 Å². The van der Waals surface area contributed by atoms with Gasteiger partial charge in [0.2, 0.25) is 0 Å². The van der Waals surface area contributed by atoms with E-state index in [1.54, 1.807) is 0 Å². The summed E-state index contributed by atoms with van der Waals surface area (Å²) < 4.78 is 0. The number of allylic oxidation sites excluding steroid dienone is 3. The molecule has 0 unspecified atom stereocenters. The van der Waals surface area contributed by atoms with E-state index in [0.717, 1.165) is 29.8 Å². The van der Waals surface area contributed by atoms with Crippen molar-refractivity contribution in [3.8, 4) is 44.8 Å². The molecule has 11 rings (SSSR count). The van der Waals surface area contributed by atoms with Crippen molar-refractivity contribution in [2.75, 3.05) is 0 Å². The minimum absolute atomic E-state index is 0.118. The molecule has 0 aliphatic heterocycles. The normalized spacial score (nSPS) is 14.9. The van der Waals surface area contributed by atoms with E-state index in [1.165, 1.54) is 93.5 Å². The third-order valence-corrected chi connectivity index (χ3v) is 11.8. The first-order valence-electron chi connectivity index (χ1n) is 18.0. The van der Waals surface area contributed by atoms with Crippen molar-refractivity contribution < 1.29 is 0 Å². The van der Waals surface area contributed by atoms with Crippen molar-refractivity contribution in [1.29, 1.82) is 0 Å². The van der Waals surface area contributed by atoms with Crippen molar-refractivity contribution >= 4 is 44.0 Å². The highest BCUT2D eigenvalue weighted by atomic mass is 14.8. The van der Waals surface area contributed by atoms with Crippen LogP contribution in [0.3, 0.4) is 0 Å². The summed E-state index contributed by atoms with van der Waals surface area (Å²) in [4.78, 5) is 9.55. The molecule has 0 atom stereocenters. The fraction of sp³-hybridized carbons (Fsp3) is 0.102. The lowest BCUT2D eigenvalue weighted by Crippen LogP contribution is -2.14. The van der Waals surface area contributed by atoms with Crippen LogP contribution in [-0.2, 0) is 11.8 Å². The van der Waals surface area contributed by atoms with E-state index in [0.29, 0.717) is 0 Å². The van der Waals surface area contributed by atoms with Crippen molar-refractivity contribution in [3.05, 3.63) is 168 Å². The number of rotatable bonds is 3. The SMILES string of the molecule is CC1(C)c2ccccc2-c2cc3c(-c4ccc(-c5ccccn5)nc4)c4ccccc4c(-c4ccc5c6c7c(ccc46)C=CCC7=CC5)c3cc21. The van der Waals surface area contributed by atoms with Crippen molar-refractivity contribution in [2.45, 2.75) is 32.1 Å². The van der Waals surface area contributed by atoms with Crippen LogP contribution in [0.2, 0.25) is 0 Å². The van der Waals surface area contributed by atoms with Crippen molar-refractivity contribution in [1.82, 2.24) is 9.97 Å². The topological polar surface area (TPSA) is 25.8 Å². The maximum absolute atomic E-state index is 4.98. The number of aromatic nitrogens is 2. The highest BCUT2D eigenvalue weighted by Crippen LogP contribution is 2.54. The first-order valence-corrected chi connectivity index (χ1v) is 18.0. The van der Waals surface area contributed by atoms with Gasteiger partial charge in [-0.15, -0.1) is 0 Å². The van der Waals surface area contributed by atoms with Crippen LogP contribution in [0.25, 0.3) is 88.7 Å². The molecule has 0 N–H and O–H groups in total. The number of nitrogens with zero attached hydrogens (tertiary/aromatic N) is 2. The molecule has 2 heterocycles. The Morgan fingerprint density at radius 2 is 1.35 bits per heavy atom. The van der Waals surface area contributed by atoms with Gasteiger partial charge in [-0.05, 0) is 137 Å². The van der Waals surface area contributed by atoms with Gasteiger partial charge in [-0.25, -0.2) is 0 Å². The lowest BCUT2D eigenvalue weighted by molar-refractivity contribution is 0.661. The van der Waals surface area contributed by atoms with Gasteiger partial charge < -0.3 is 0 Å². The lowest BCUT2D eigenvalue weighted by atomic mass is 9.77. The van der Waals surface area contributed by atoms with Crippen LogP contribution in [0.4, 0.5) is 0 Å². The van der Waals surface area contributed by atoms with Gasteiger partial charge in [0, 0.05) is 23.4 Å². The van der Waals surface area contributed by atoms with E-state index >= 15 is 0 Å². The van der Waals surface area contributed by atoms with Gasteiger partial charge in [0.1, 0.15) is 0 Å². The summed E-state index contributed by atoms with van der Waals surface area (Å²) in [6.07, 6.45) is 12.9. The van der Waals surface area contributed by atoms with Gasteiger partial charge >= 0.3 is 0 Å². The Labute approximate surface area is 297 Å². The van der Waals surface area contributed by atoms with Gasteiger partial charge in [0.15, 0.2) is 0 Å². The smallest absolute Gasteiger partial charge is 0.0886 e. The quantitative estimate of drug-likeness (QED) is 0.178. The summed E-state index contributed by atoms with van der Waals surface area (Å²) >= 11 is 0. The van der Waals surface area contributed by atoms with E-state index in [4.69, 9.17) is 4.98 Å². The Hall–Kier alpha value is -6.12. The first kappa shape index (κ1) is 28.7. The molecule has 0 bridgehead atoms. The zero-order valence-electron chi connectivity index (χ0n) is 28.7. The average Bonchev–Trinajstić information content (AvgIpc) is 3.41. The number of fused-ring (bicyclic) bond motifs is 5. The van der Waals surface area contributed by atoms with Gasteiger partial charge in [-0.3, -0.25) is 9.97 Å². The molecule has 8 aromatic rings. The second kappa shape index (κ2) is 10.4. The van der Waals surface area contributed by atoms with Gasteiger partial charge in [0.25, 0.3) is 0 Å². The van der Waals surface area contributed by atoms with Gasteiger partial charge in [0.05, 0.1) is 11.4 Å². The van der Waals surface area contributed by atoms with E-state index in [-0.39, 0.29) is 5.41 Å². The third kappa shape index (κ3) is 3.99. The molecule has 0 radical (unpaired) electrons. The van der Waals surface area contributed by atoms with Crippen LogP contribution in [0.1, 0.15) is 48.1 Å². The highest BCUT2D eigenvalue weighted by molar-refractivity contribution is 6.25. The minimum Gasteiger partial charge on any atom is -0.255 e. The molecule has 3 aliphatic rings. The van der Waals surface area contributed by atoms with Crippen LogP contribution in [-0.4, -0.2) is 9.97 Å². The second-order valence-corrected chi connectivity index (χ2v) is 14.8. The number of pyridine rings is 2.